The molecule has 1 saturated heterocycles. The Morgan fingerprint density at radius 2 is 1.85 bits per heavy atom. The Hall–Kier alpha value is 0.440. The van der Waals surface area contributed by atoms with Crippen LogP contribution in [0.5, 0.6) is 0 Å². The second-order valence-corrected chi connectivity index (χ2v) is 5.87. The number of halogens is 1. The number of hydrogen-bond acceptors (Lipinski definition) is 1. The molecule has 1 rings (SSSR count). The van der Waals surface area contributed by atoms with Gasteiger partial charge in [-0.15, -0.1) is 0 Å². The number of nitrogens with zero attached hydrogens (tertiary/aromatic N) is 1. The molecule has 2 heteroatoms. The zero-order chi connectivity index (χ0) is 9.90. The van der Waals surface area contributed by atoms with Gasteiger partial charge in [0.2, 0.25) is 0 Å². The van der Waals surface area contributed by atoms with Crippen LogP contribution in [0.2, 0.25) is 0 Å². The predicted octanol–water partition coefficient (Wildman–Crippen LogP) is 3.14. The minimum Gasteiger partial charge on any atom is -0.303 e. The van der Waals surface area contributed by atoms with Gasteiger partial charge in [-0.05, 0) is 37.3 Å². The molecule has 1 heterocycles. The summed E-state index contributed by atoms with van der Waals surface area (Å²) in [5.74, 6) is 0.793. The topological polar surface area (TPSA) is 3.24 Å². The van der Waals surface area contributed by atoms with E-state index in [1.165, 1.54) is 32.5 Å². The van der Waals surface area contributed by atoms with E-state index in [0.717, 1.165) is 11.2 Å². The summed E-state index contributed by atoms with van der Waals surface area (Å²) in [6, 6.07) is 0. The van der Waals surface area contributed by atoms with Gasteiger partial charge in [0.05, 0.1) is 0 Å². The van der Waals surface area contributed by atoms with E-state index in [9.17, 15) is 0 Å². The van der Waals surface area contributed by atoms with Gasteiger partial charge in [0.15, 0.2) is 0 Å². The highest BCUT2D eigenvalue weighted by Gasteiger charge is 2.25. The van der Waals surface area contributed by atoms with Crippen molar-refractivity contribution in [2.75, 3.05) is 25.0 Å². The average molecular weight is 248 g/mol. The van der Waals surface area contributed by atoms with Gasteiger partial charge >= 0.3 is 0 Å². The van der Waals surface area contributed by atoms with Crippen molar-refractivity contribution in [1.29, 1.82) is 0 Å². The molecular weight excluding hydrogens is 226 g/mol. The van der Waals surface area contributed by atoms with E-state index >= 15 is 0 Å². The second-order valence-electron chi connectivity index (χ2n) is 5.22. The van der Waals surface area contributed by atoms with Crippen LogP contribution in [-0.4, -0.2) is 29.9 Å². The van der Waals surface area contributed by atoms with Crippen molar-refractivity contribution < 1.29 is 0 Å². The Morgan fingerprint density at radius 3 is 2.31 bits per heavy atom. The second kappa shape index (κ2) is 4.79. The van der Waals surface area contributed by atoms with Crippen LogP contribution in [0.25, 0.3) is 0 Å². The number of hydrogen-bond donors (Lipinski definition) is 0. The third kappa shape index (κ3) is 3.99. The summed E-state index contributed by atoms with van der Waals surface area (Å²) in [6.07, 6.45) is 2.73. The lowest BCUT2D eigenvalue weighted by molar-refractivity contribution is 0.122. The van der Waals surface area contributed by atoms with E-state index in [4.69, 9.17) is 0 Å². The van der Waals surface area contributed by atoms with Crippen molar-refractivity contribution in [2.24, 2.45) is 11.3 Å². The van der Waals surface area contributed by atoms with E-state index in [1.807, 2.05) is 0 Å². The molecule has 0 bridgehead atoms. The molecule has 0 spiro atoms. The van der Waals surface area contributed by atoms with Crippen LogP contribution in [0.4, 0.5) is 0 Å². The van der Waals surface area contributed by atoms with Crippen LogP contribution in [0.15, 0.2) is 0 Å². The summed E-state index contributed by atoms with van der Waals surface area (Å²) in [4.78, 5) is 2.61. The first-order chi connectivity index (χ1) is 6.03. The average Bonchev–Trinajstić information content (AvgIpc) is 2.08. The van der Waals surface area contributed by atoms with Crippen molar-refractivity contribution >= 4 is 15.9 Å². The van der Waals surface area contributed by atoms with Gasteiger partial charge in [-0.2, -0.15) is 0 Å². The molecule has 0 amide bonds. The molecule has 0 radical (unpaired) electrons. The minimum atomic E-state index is 0.591. The molecule has 1 aliphatic rings. The maximum absolute atomic E-state index is 3.54. The lowest BCUT2D eigenvalue weighted by Gasteiger charge is -2.37. The lowest BCUT2D eigenvalue weighted by Crippen LogP contribution is -2.39. The monoisotopic (exact) mass is 247 g/mol. The summed E-state index contributed by atoms with van der Waals surface area (Å²) >= 11 is 3.54. The fourth-order valence-corrected chi connectivity index (χ4v) is 2.04. The van der Waals surface area contributed by atoms with Crippen molar-refractivity contribution in [3.05, 3.63) is 0 Å². The minimum absolute atomic E-state index is 0.591. The molecule has 0 aromatic rings. The number of likely N-dealkylation sites (tertiary alicyclic amines) is 1. The normalized spacial score (nSPS) is 25.8. The Morgan fingerprint density at radius 1 is 1.31 bits per heavy atom. The van der Waals surface area contributed by atoms with Gasteiger partial charge in [0.25, 0.3) is 0 Å². The number of piperidine rings is 1. The maximum atomic E-state index is 3.54. The molecule has 78 valence electrons. The first kappa shape index (κ1) is 11.5. The lowest BCUT2D eigenvalue weighted by atomic mass is 9.82. The summed E-state index contributed by atoms with van der Waals surface area (Å²) in [5.41, 5.74) is 0.591. The summed E-state index contributed by atoms with van der Waals surface area (Å²) in [6.45, 7) is 10.9. The Labute approximate surface area is 91.0 Å². The van der Waals surface area contributed by atoms with Crippen LogP contribution >= 0.6 is 15.9 Å². The fourth-order valence-electron chi connectivity index (χ4n) is 1.83. The zero-order valence-corrected chi connectivity index (χ0v) is 10.7. The van der Waals surface area contributed by atoms with Crippen molar-refractivity contribution in [2.45, 2.75) is 33.6 Å². The van der Waals surface area contributed by atoms with Gasteiger partial charge in [-0.3, -0.25) is 0 Å². The highest BCUT2D eigenvalue weighted by atomic mass is 79.9. The molecule has 0 aliphatic carbocycles. The predicted molar refractivity (Wildman–Crippen MR) is 62.4 cm³/mol. The van der Waals surface area contributed by atoms with Crippen molar-refractivity contribution in [1.82, 2.24) is 4.90 Å². The molecular formula is C11H22BrN. The molecule has 1 atom stereocenters. The third-order valence-corrected chi connectivity index (χ3v) is 4.15. The van der Waals surface area contributed by atoms with Crippen molar-refractivity contribution in [3.63, 3.8) is 0 Å². The molecule has 0 aromatic carbocycles. The first-order valence-corrected chi connectivity index (χ1v) is 6.44. The highest BCUT2D eigenvalue weighted by Crippen LogP contribution is 2.29. The summed E-state index contributed by atoms with van der Waals surface area (Å²) < 4.78 is 0. The van der Waals surface area contributed by atoms with E-state index in [0.29, 0.717) is 5.41 Å². The Bertz CT molecular complexity index is 146. The standard InChI is InChI=1S/C11H22BrN/c1-10(8-12)9-13-6-4-11(2,3)5-7-13/h10H,4-9H2,1-3H3. The summed E-state index contributed by atoms with van der Waals surface area (Å²) in [5, 5.41) is 1.13. The first-order valence-electron chi connectivity index (χ1n) is 5.32. The third-order valence-electron chi connectivity index (χ3n) is 3.04. The van der Waals surface area contributed by atoms with E-state index in [1.54, 1.807) is 0 Å². The van der Waals surface area contributed by atoms with Crippen LogP contribution in [0.1, 0.15) is 33.6 Å². The molecule has 1 unspecified atom stereocenters. The molecule has 0 N–H and O–H groups in total. The van der Waals surface area contributed by atoms with Crippen molar-refractivity contribution in [3.8, 4) is 0 Å². The maximum Gasteiger partial charge on any atom is 0.00692 e. The van der Waals surface area contributed by atoms with E-state index < -0.39 is 0 Å². The Balaban J connectivity index is 2.25. The van der Waals surface area contributed by atoms with Gasteiger partial charge in [-0.1, -0.05) is 36.7 Å². The van der Waals surface area contributed by atoms with Gasteiger partial charge in [0.1, 0.15) is 0 Å². The molecule has 13 heavy (non-hydrogen) atoms. The zero-order valence-electron chi connectivity index (χ0n) is 9.15. The summed E-state index contributed by atoms with van der Waals surface area (Å²) in [7, 11) is 0. The Kier molecular flexibility index (Phi) is 4.24. The van der Waals surface area contributed by atoms with E-state index in [-0.39, 0.29) is 0 Å². The van der Waals surface area contributed by atoms with Gasteiger partial charge in [-0.25, -0.2) is 0 Å². The SMILES string of the molecule is CC(CBr)CN1CCC(C)(C)CC1. The molecule has 1 aliphatic heterocycles. The number of rotatable bonds is 3. The number of alkyl halides is 1. The van der Waals surface area contributed by atoms with Crippen LogP contribution in [0, 0.1) is 11.3 Å². The van der Waals surface area contributed by atoms with Gasteiger partial charge < -0.3 is 4.90 Å². The molecule has 0 aromatic heterocycles. The van der Waals surface area contributed by atoms with Gasteiger partial charge in [0, 0.05) is 11.9 Å². The fraction of sp³-hybridized carbons (Fsp3) is 1.00. The molecule has 1 fully saturated rings. The smallest absolute Gasteiger partial charge is 0.00692 e. The van der Waals surface area contributed by atoms with Crippen LogP contribution in [-0.2, 0) is 0 Å². The highest BCUT2D eigenvalue weighted by molar-refractivity contribution is 9.09. The van der Waals surface area contributed by atoms with E-state index in [2.05, 4.69) is 41.6 Å². The van der Waals surface area contributed by atoms with Crippen LogP contribution < -0.4 is 0 Å². The van der Waals surface area contributed by atoms with Crippen LogP contribution in [0.3, 0.4) is 0 Å². The molecule has 1 nitrogen and oxygen atoms in total. The molecule has 0 saturated carbocycles. The largest absolute Gasteiger partial charge is 0.303 e. The quantitative estimate of drug-likeness (QED) is 0.693.